The standard InChI is InChI=1S/C23H29FN2O2/c1-14-15(2)20(24)11-10-18(14)17-8-6-16(7-9-17)12-13-26-21-5-3-4-19(21)22(25-26)23(27)28/h10-11,16-17H,3-9,12-13H2,1-2H3,(H,27,28). The van der Waals surface area contributed by atoms with Gasteiger partial charge in [0.1, 0.15) is 5.82 Å². The molecule has 4 nitrogen and oxygen atoms in total. The number of hydrogen-bond donors (Lipinski definition) is 1. The van der Waals surface area contributed by atoms with Gasteiger partial charge >= 0.3 is 5.97 Å². The third kappa shape index (κ3) is 3.47. The van der Waals surface area contributed by atoms with Crippen molar-refractivity contribution in [3.63, 3.8) is 0 Å². The van der Waals surface area contributed by atoms with Crippen molar-refractivity contribution in [1.82, 2.24) is 9.78 Å². The van der Waals surface area contributed by atoms with Gasteiger partial charge in [0.25, 0.3) is 0 Å². The zero-order valence-corrected chi connectivity index (χ0v) is 16.8. The predicted molar refractivity (Wildman–Crippen MR) is 106 cm³/mol. The number of fused-ring (bicyclic) bond motifs is 1. The summed E-state index contributed by atoms with van der Waals surface area (Å²) in [6, 6.07) is 3.59. The minimum atomic E-state index is -0.901. The van der Waals surface area contributed by atoms with E-state index in [1.54, 1.807) is 6.07 Å². The van der Waals surface area contributed by atoms with Crippen molar-refractivity contribution < 1.29 is 14.3 Å². The molecule has 150 valence electrons. The number of halogens is 1. The molecule has 1 N–H and O–H groups in total. The van der Waals surface area contributed by atoms with E-state index in [2.05, 4.69) is 5.10 Å². The Morgan fingerprint density at radius 1 is 1.18 bits per heavy atom. The van der Waals surface area contributed by atoms with Crippen LogP contribution in [0.25, 0.3) is 0 Å². The van der Waals surface area contributed by atoms with Crippen LogP contribution < -0.4 is 0 Å². The number of benzene rings is 1. The number of nitrogens with zero attached hydrogens (tertiary/aromatic N) is 2. The second-order valence-corrected chi connectivity index (χ2v) is 8.55. The van der Waals surface area contributed by atoms with Crippen LogP contribution >= 0.6 is 0 Å². The molecular weight excluding hydrogens is 355 g/mol. The van der Waals surface area contributed by atoms with Gasteiger partial charge in [0.15, 0.2) is 5.69 Å². The van der Waals surface area contributed by atoms with E-state index in [1.807, 2.05) is 24.6 Å². The minimum absolute atomic E-state index is 0.109. The van der Waals surface area contributed by atoms with E-state index in [4.69, 9.17) is 0 Å². The van der Waals surface area contributed by atoms with Gasteiger partial charge in [-0.15, -0.1) is 0 Å². The van der Waals surface area contributed by atoms with Crippen LogP contribution in [0, 0.1) is 25.6 Å². The molecule has 5 heteroatoms. The second kappa shape index (κ2) is 7.69. The molecule has 2 aliphatic rings. The molecule has 0 spiro atoms. The smallest absolute Gasteiger partial charge is 0.356 e. The fourth-order valence-electron chi connectivity index (χ4n) is 5.18. The Bertz CT molecular complexity index is 894. The van der Waals surface area contributed by atoms with Crippen LogP contribution in [0.2, 0.25) is 0 Å². The lowest BCUT2D eigenvalue weighted by Gasteiger charge is -2.30. The van der Waals surface area contributed by atoms with Crippen LogP contribution in [-0.4, -0.2) is 20.9 Å². The molecule has 0 saturated heterocycles. The highest BCUT2D eigenvalue weighted by molar-refractivity contribution is 5.87. The summed E-state index contributed by atoms with van der Waals surface area (Å²) in [6.45, 7) is 4.73. The summed E-state index contributed by atoms with van der Waals surface area (Å²) in [7, 11) is 0. The average Bonchev–Trinajstić information content (AvgIpc) is 3.28. The molecule has 1 saturated carbocycles. The summed E-state index contributed by atoms with van der Waals surface area (Å²) >= 11 is 0. The van der Waals surface area contributed by atoms with Crippen LogP contribution in [0.1, 0.15) is 82.9 Å². The van der Waals surface area contributed by atoms with Gasteiger partial charge in [0.2, 0.25) is 0 Å². The summed E-state index contributed by atoms with van der Waals surface area (Å²) in [5.41, 5.74) is 5.56. The third-order valence-electron chi connectivity index (χ3n) is 7.01. The van der Waals surface area contributed by atoms with Crippen molar-refractivity contribution in [2.45, 2.75) is 77.7 Å². The summed E-state index contributed by atoms with van der Waals surface area (Å²) in [4.78, 5) is 11.4. The minimum Gasteiger partial charge on any atom is -0.476 e. The molecule has 0 radical (unpaired) electrons. The molecule has 0 amide bonds. The number of carbonyl (C=O) groups is 1. The largest absolute Gasteiger partial charge is 0.476 e. The Morgan fingerprint density at radius 3 is 2.64 bits per heavy atom. The molecule has 1 aromatic carbocycles. The Kier molecular flexibility index (Phi) is 5.26. The first-order valence-electron chi connectivity index (χ1n) is 10.5. The summed E-state index contributed by atoms with van der Waals surface area (Å²) < 4.78 is 15.7. The first kappa shape index (κ1) is 19.2. The maximum atomic E-state index is 13.8. The molecule has 0 bridgehead atoms. The van der Waals surface area contributed by atoms with Gasteiger partial charge in [-0.3, -0.25) is 4.68 Å². The van der Waals surface area contributed by atoms with Crippen LogP contribution in [0.5, 0.6) is 0 Å². The van der Waals surface area contributed by atoms with Crippen LogP contribution in [0.4, 0.5) is 4.39 Å². The monoisotopic (exact) mass is 384 g/mol. The zero-order valence-electron chi connectivity index (χ0n) is 16.8. The number of aromatic nitrogens is 2. The molecular formula is C23H29FN2O2. The number of aryl methyl sites for hydroxylation is 1. The third-order valence-corrected chi connectivity index (χ3v) is 7.01. The van der Waals surface area contributed by atoms with Crippen LogP contribution in [0.3, 0.4) is 0 Å². The van der Waals surface area contributed by atoms with E-state index in [1.165, 1.54) is 18.4 Å². The number of carboxylic acids is 1. The molecule has 2 aliphatic carbocycles. The molecule has 0 unspecified atom stereocenters. The van der Waals surface area contributed by atoms with Crippen molar-refractivity contribution in [3.8, 4) is 0 Å². The maximum absolute atomic E-state index is 13.8. The highest BCUT2D eigenvalue weighted by Crippen LogP contribution is 2.39. The topological polar surface area (TPSA) is 55.1 Å². The van der Waals surface area contributed by atoms with Crippen LogP contribution in [-0.2, 0) is 19.4 Å². The Morgan fingerprint density at radius 2 is 1.93 bits per heavy atom. The van der Waals surface area contributed by atoms with E-state index in [0.29, 0.717) is 11.8 Å². The molecule has 4 rings (SSSR count). The molecule has 1 fully saturated rings. The van der Waals surface area contributed by atoms with Gasteiger partial charge in [-0.1, -0.05) is 6.07 Å². The molecule has 1 heterocycles. The van der Waals surface area contributed by atoms with Gasteiger partial charge in [0.05, 0.1) is 0 Å². The van der Waals surface area contributed by atoms with E-state index in [-0.39, 0.29) is 11.5 Å². The summed E-state index contributed by atoms with van der Waals surface area (Å²) in [5.74, 6) is 0.181. The Labute approximate surface area is 165 Å². The van der Waals surface area contributed by atoms with Gasteiger partial charge in [-0.2, -0.15) is 5.10 Å². The SMILES string of the molecule is Cc1c(F)ccc(C2CCC(CCn3nc(C(=O)O)c4c3CCC4)CC2)c1C. The van der Waals surface area contributed by atoms with E-state index in [0.717, 1.165) is 67.5 Å². The lowest BCUT2D eigenvalue weighted by Crippen LogP contribution is -2.17. The lowest BCUT2D eigenvalue weighted by atomic mass is 9.76. The van der Waals surface area contributed by atoms with Gasteiger partial charge in [-0.25, -0.2) is 9.18 Å². The average molecular weight is 384 g/mol. The number of carboxylic acid groups (broad SMARTS) is 1. The lowest BCUT2D eigenvalue weighted by molar-refractivity contribution is 0.0688. The van der Waals surface area contributed by atoms with Gasteiger partial charge in [0, 0.05) is 17.8 Å². The normalized spacial score (nSPS) is 21.7. The van der Waals surface area contributed by atoms with Gasteiger partial charge < -0.3 is 5.11 Å². The molecule has 2 aromatic rings. The Balaban J connectivity index is 1.37. The van der Waals surface area contributed by atoms with Crippen molar-refractivity contribution in [1.29, 1.82) is 0 Å². The zero-order chi connectivity index (χ0) is 19.8. The van der Waals surface area contributed by atoms with E-state index >= 15 is 0 Å². The fraction of sp³-hybridized carbons (Fsp3) is 0.565. The van der Waals surface area contributed by atoms with Gasteiger partial charge in [-0.05, 0) is 99.8 Å². The highest BCUT2D eigenvalue weighted by atomic mass is 19.1. The molecule has 0 aliphatic heterocycles. The summed E-state index contributed by atoms with van der Waals surface area (Å²) in [6.07, 6.45) is 8.54. The molecule has 0 atom stereocenters. The first-order chi connectivity index (χ1) is 13.5. The quantitative estimate of drug-likeness (QED) is 0.772. The number of aromatic carboxylic acids is 1. The first-order valence-corrected chi connectivity index (χ1v) is 10.5. The summed E-state index contributed by atoms with van der Waals surface area (Å²) in [5, 5.41) is 13.8. The van der Waals surface area contributed by atoms with Crippen molar-refractivity contribution >= 4 is 5.97 Å². The Hall–Kier alpha value is -2.17. The highest BCUT2D eigenvalue weighted by Gasteiger charge is 2.28. The predicted octanol–water partition coefficient (Wildman–Crippen LogP) is 5.19. The van der Waals surface area contributed by atoms with Crippen molar-refractivity contribution in [2.24, 2.45) is 5.92 Å². The van der Waals surface area contributed by atoms with E-state index in [9.17, 15) is 14.3 Å². The maximum Gasteiger partial charge on any atom is 0.356 e. The number of hydrogen-bond acceptors (Lipinski definition) is 2. The number of rotatable bonds is 5. The fourth-order valence-corrected chi connectivity index (χ4v) is 5.18. The molecule has 1 aromatic heterocycles. The second-order valence-electron chi connectivity index (χ2n) is 8.55. The van der Waals surface area contributed by atoms with Crippen molar-refractivity contribution in [2.75, 3.05) is 0 Å². The van der Waals surface area contributed by atoms with Crippen molar-refractivity contribution in [3.05, 3.63) is 51.6 Å². The molecule has 28 heavy (non-hydrogen) atoms. The van der Waals surface area contributed by atoms with E-state index < -0.39 is 5.97 Å². The van der Waals surface area contributed by atoms with Crippen LogP contribution in [0.15, 0.2) is 12.1 Å².